The maximum absolute atomic E-state index is 11.7. The van der Waals surface area contributed by atoms with E-state index in [2.05, 4.69) is 5.32 Å². The number of aryl methyl sites for hydroxylation is 2. The van der Waals surface area contributed by atoms with E-state index in [1.165, 1.54) is 6.08 Å². The Morgan fingerprint density at radius 2 is 1.87 bits per heavy atom. The van der Waals surface area contributed by atoms with Crippen LogP contribution in [0.3, 0.4) is 0 Å². The quantitative estimate of drug-likeness (QED) is 0.567. The number of amides is 1. The molecule has 2 aromatic carbocycles. The molecule has 0 saturated carbocycles. The van der Waals surface area contributed by atoms with Crippen molar-refractivity contribution in [2.24, 2.45) is 0 Å². The summed E-state index contributed by atoms with van der Waals surface area (Å²) in [6.07, 6.45) is 4.90. The van der Waals surface area contributed by atoms with E-state index >= 15 is 0 Å². The first-order valence-electron chi connectivity index (χ1n) is 7.58. The van der Waals surface area contributed by atoms with Gasteiger partial charge in [-0.05, 0) is 66.8 Å². The fourth-order valence-corrected chi connectivity index (χ4v) is 2.18. The monoisotopic (exact) mass is 311 g/mol. The Kier molecular flexibility index (Phi) is 5.80. The molecule has 0 atom stereocenters. The van der Waals surface area contributed by atoms with E-state index in [9.17, 15) is 15.0 Å². The lowest BCUT2D eigenvalue weighted by Crippen LogP contribution is -2.22. The van der Waals surface area contributed by atoms with Crippen LogP contribution in [0.5, 0.6) is 11.5 Å². The number of nitrogens with one attached hydrogen (secondary N) is 1. The molecule has 1 amide bonds. The highest BCUT2D eigenvalue weighted by atomic mass is 16.3. The van der Waals surface area contributed by atoms with Gasteiger partial charge in [0.2, 0.25) is 5.91 Å². The minimum absolute atomic E-state index is 0.138. The van der Waals surface area contributed by atoms with Crippen LogP contribution in [-0.2, 0) is 11.2 Å². The molecule has 0 spiro atoms. The molecular formula is C19H21NO3. The summed E-state index contributed by atoms with van der Waals surface area (Å²) in [5.74, 6) is 0.374. The van der Waals surface area contributed by atoms with E-state index in [0.717, 1.165) is 29.5 Å². The first-order valence-corrected chi connectivity index (χ1v) is 7.58. The Morgan fingerprint density at radius 1 is 1.13 bits per heavy atom. The first kappa shape index (κ1) is 16.6. The molecule has 120 valence electrons. The second-order valence-electron chi connectivity index (χ2n) is 5.44. The van der Waals surface area contributed by atoms with E-state index < -0.39 is 0 Å². The first-order chi connectivity index (χ1) is 11.0. The summed E-state index contributed by atoms with van der Waals surface area (Å²) in [4.78, 5) is 11.7. The molecule has 0 fully saturated rings. The van der Waals surface area contributed by atoms with Crippen LogP contribution < -0.4 is 5.32 Å². The van der Waals surface area contributed by atoms with E-state index in [1.54, 1.807) is 30.3 Å². The van der Waals surface area contributed by atoms with Gasteiger partial charge in [0, 0.05) is 12.6 Å². The number of hydrogen-bond acceptors (Lipinski definition) is 3. The van der Waals surface area contributed by atoms with Crippen molar-refractivity contribution in [3.8, 4) is 11.5 Å². The standard InChI is InChI=1S/C19H21NO3/c1-14-13-16(6-10-18(14)22)7-11-19(23)20-12-2-3-15-4-8-17(21)9-5-15/h4-11,13,21-22H,2-3,12H2,1H3,(H,20,23)/b11-7+. The zero-order valence-corrected chi connectivity index (χ0v) is 13.1. The summed E-state index contributed by atoms with van der Waals surface area (Å²) in [5, 5.41) is 21.5. The highest BCUT2D eigenvalue weighted by molar-refractivity contribution is 5.91. The summed E-state index contributed by atoms with van der Waals surface area (Å²) in [6, 6.07) is 12.3. The van der Waals surface area contributed by atoms with Gasteiger partial charge in [-0.15, -0.1) is 0 Å². The Bertz CT molecular complexity index is 690. The zero-order valence-electron chi connectivity index (χ0n) is 13.1. The highest BCUT2D eigenvalue weighted by Crippen LogP contribution is 2.17. The van der Waals surface area contributed by atoms with Crippen molar-refractivity contribution in [3.63, 3.8) is 0 Å². The van der Waals surface area contributed by atoms with Crippen molar-refractivity contribution < 1.29 is 15.0 Å². The summed E-state index contributed by atoms with van der Waals surface area (Å²) in [7, 11) is 0. The predicted octanol–water partition coefficient (Wildman–Crippen LogP) is 3.17. The third kappa shape index (κ3) is 5.51. The Balaban J connectivity index is 1.73. The molecule has 0 bridgehead atoms. The van der Waals surface area contributed by atoms with Gasteiger partial charge in [0.1, 0.15) is 11.5 Å². The van der Waals surface area contributed by atoms with Crippen LogP contribution in [0, 0.1) is 6.92 Å². The number of carbonyl (C=O) groups excluding carboxylic acids is 1. The largest absolute Gasteiger partial charge is 0.508 e. The van der Waals surface area contributed by atoms with Crippen LogP contribution in [0.15, 0.2) is 48.5 Å². The van der Waals surface area contributed by atoms with Gasteiger partial charge in [-0.3, -0.25) is 4.79 Å². The average molecular weight is 311 g/mol. The van der Waals surface area contributed by atoms with Gasteiger partial charge >= 0.3 is 0 Å². The summed E-state index contributed by atoms with van der Waals surface area (Å²) in [5.41, 5.74) is 2.79. The van der Waals surface area contributed by atoms with E-state index in [-0.39, 0.29) is 17.4 Å². The SMILES string of the molecule is Cc1cc(/C=C/C(=O)NCCCc2ccc(O)cc2)ccc1O. The summed E-state index contributed by atoms with van der Waals surface area (Å²) >= 11 is 0. The fraction of sp³-hybridized carbons (Fsp3) is 0.211. The molecule has 0 saturated heterocycles. The Hall–Kier alpha value is -2.75. The summed E-state index contributed by atoms with van der Waals surface area (Å²) < 4.78 is 0. The molecule has 3 N–H and O–H groups in total. The van der Waals surface area contributed by atoms with Crippen LogP contribution in [0.4, 0.5) is 0 Å². The van der Waals surface area contributed by atoms with E-state index in [0.29, 0.717) is 6.54 Å². The van der Waals surface area contributed by atoms with Gasteiger partial charge in [0.25, 0.3) is 0 Å². The molecule has 0 aliphatic carbocycles. The molecule has 0 aliphatic heterocycles. The minimum Gasteiger partial charge on any atom is -0.508 e. The van der Waals surface area contributed by atoms with Crippen LogP contribution in [0.25, 0.3) is 6.08 Å². The maximum atomic E-state index is 11.7. The van der Waals surface area contributed by atoms with Crippen molar-refractivity contribution in [2.75, 3.05) is 6.54 Å². The van der Waals surface area contributed by atoms with Crippen molar-refractivity contribution in [1.82, 2.24) is 5.32 Å². The lowest BCUT2D eigenvalue weighted by Gasteiger charge is -2.03. The number of aromatic hydroxyl groups is 2. The normalized spacial score (nSPS) is 10.8. The third-order valence-electron chi connectivity index (χ3n) is 3.53. The maximum Gasteiger partial charge on any atom is 0.243 e. The van der Waals surface area contributed by atoms with Gasteiger partial charge in [0.05, 0.1) is 0 Å². The molecule has 0 unspecified atom stereocenters. The molecule has 23 heavy (non-hydrogen) atoms. The van der Waals surface area contributed by atoms with Crippen LogP contribution >= 0.6 is 0 Å². The van der Waals surface area contributed by atoms with Gasteiger partial charge in [0.15, 0.2) is 0 Å². The zero-order chi connectivity index (χ0) is 16.7. The average Bonchev–Trinajstić information content (AvgIpc) is 2.54. The second-order valence-corrected chi connectivity index (χ2v) is 5.44. The Morgan fingerprint density at radius 3 is 2.57 bits per heavy atom. The minimum atomic E-state index is -0.138. The van der Waals surface area contributed by atoms with Gasteiger partial charge in [-0.1, -0.05) is 18.2 Å². The molecule has 4 nitrogen and oxygen atoms in total. The van der Waals surface area contributed by atoms with Crippen molar-refractivity contribution in [3.05, 3.63) is 65.2 Å². The van der Waals surface area contributed by atoms with Crippen LogP contribution in [0.1, 0.15) is 23.1 Å². The molecule has 2 rings (SSSR count). The molecular weight excluding hydrogens is 290 g/mol. The van der Waals surface area contributed by atoms with Crippen LogP contribution in [0.2, 0.25) is 0 Å². The number of phenols is 2. The number of rotatable bonds is 6. The molecule has 0 aliphatic rings. The Labute approximate surface area is 136 Å². The molecule has 2 aromatic rings. The number of hydrogen-bond donors (Lipinski definition) is 3. The fourth-order valence-electron chi connectivity index (χ4n) is 2.18. The van der Waals surface area contributed by atoms with E-state index in [1.807, 2.05) is 25.1 Å². The topological polar surface area (TPSA) is 69.6 Å². The summed E-state index contributed by atoms with van der Waals surface area (Å²) in [6.45, 7) is 2.41. The number of benzene rings is 2. The van der Waals surface area contributed by atoms with Crippen molar-refractivity contribution >= 4 is 12.0 Å². The molecule has 4 heteroatoms. The lowest BCUT2D eigenvalue weighted by atomic mass is 10.1. The van der Waals surface area contributed by atoms with Gasteiger partial charge < -0.3 is 15.5 Å². The highest BCUT2D eigenvalue weighted by Gasteiger charge is 1.98. The van der Waals surface area contributed by atoms with Gasteiger partial charge in [-0.25, -0.2) is 0 Å². The second kappa shape index (κ2) is 8.03. The third-order valence-corrected chi connectivity index (χ3v) is 3.53. The van der Waals surface area contributed by atoms with Crippen molar-refractivity contribution in [1.29, 1.82) is 0 Å². The molecule has 0 radical (unpaired) electrons. The number of carbonyl (C=O) groups is 1. The molecule has 0 aromatic heterocycles. The number of phenolic OH excluding ortho intramolecular Hbond substituents is 2. The van der Waals surface area contributed by atoms with Crippen molar-refractivity contribution in [2.45, 2.75) is 19.8 Å². The van der Waals surface area contributed by atoms with E-state index in [4.69, 9.17) is 0 Å². The molecule has 0 heterocycles. The smallest absolute Gasteiger partial charge is 0.243 e. The predicted molar refractivity (Wildman–Crippen MR) is 91.3 cm³/mol. The van der Waals surface area contributed by atoms with Gasteiger partial charge in [-0.2, -0.15) is 0 Å². The van der Waals surface area contributed by atoms with Crippen LogP contribution in [-0.4, -0.2) is 22.7 Å². The lowest BCUT2D eigenvalue weighted by molar-refractivity contribution is -0.116.